The number of fused-ring (bicyclic) bond motifs is 1. The van der Waals surface area contributed by atoms with Gasteiger partial charge in [-0.25, -0.2) is 0 Å². The van der Waals surface area contributed by atoms with Crippen molar-refractivity contribution in [1.29, 1.82) is 0 Å². The minimum Gasteiger partial charge on any atom is -0.459 e. The number of hydrogen-bond donors (Lipinski definition) is 0. The van der Waals surface area contributed by atoms with Crippen molar-refractivity contribution in [1.82, 2.24) is 0 Å². The molecule has 0 amide bonds. The second kappa shape index (κ2) is 9.47. The van der Waals surface area contributed by atoms with Gasteiger partial charge in [0.15, 0.2) is 18.7 Å². The number of hydrogen-bond acceptors (Lipinski definition) is 7. The van der Waals surface area contributed by atoms with Gasteiger partial charge in [-0.2, -0.15) is 0 Å². The first-order valence-electron chi connectivity index (χ1n) is 9.55. The van der Waals surface area contributed by atoms with E-state index in [1.54, 1.807) is 0 Å². The Morgan fingerprint density at radius 3 is 2.41 bits per heavy atom. The first-order chi connectivity index (χ1) is 14.3. The van der Waals surface area contributed by atoms with E-state index in [1.807, 2.05) is 60.7 Å². The quantitative estimate of drug-likeness (QED) is 0.662. The Labute approximate surface area is 169 Å². The molecule has 0 bridgehead atoms. The maximum Gasteiger partial charge on any atom is 0.293 e. The smallest absolute Gasteiger partial charge is 0.293 e. The normalized spacial score (nSPS) is 31.6. The van der Waals surface area contributed by atoms with Crippen LogP contribution in [0, 0.1) is 0 Å². The number of benzene rings is 2. The van der Waals surface area contributed by atoms with E-state index in [4.69, 9.17) is 28.4 Å². The number of carbonyl (C=O) groups excluding carboxylic acids is 1. The van der Waals surface area contributed by atoms with Crippen LogP contribution in [0.15, 0.2) is 60.7 Å². The Morgan fingerprint density at radius 1 is 1.00 bits per heavy atom. The second-order valence-corrected chi connectivity index (χ2v) is 6.91. The summed E-state index contributed by atoms with van der Waals surface area (Å²) in [5.74, 6) is 0. The summed E-state index contributed by atoms with van der Waals surface area (Å²) in [6, 6.07) is 19.3. The van der Waals surface area contributed by atoms with Gasteiger partial charge < -0.3 is 28.4 Å². The molecule has 2 saturated heterocycles. The number of carbonyl (C=O) groups is 1. The summed E-state index contributed by atoms with van der Waals surface area (Å²) < 4.78 is 35.0. The standard InChI is InChI=1S/C22H24O7/c1-24-22-20(25-12-15-8-4-2-5-9-15)19(27-14-23)18-17(28-22)13-26-21(29-18)16-10-6-3-7-11-16/h2-11,14,17-22H,12-13H2,1H3/t17-,18-,19+,20-,21-,22+/m1/s1. The number of rotatable bonds is 7. The molecule has 7 nitrogen and oxygen atoms in total. The van der Waals surface area contributed by atoms with Crippen molar-refractivity contribution >= 4 is 6.47 Å². The Morgan fingerprint density at radius 2 is 1.72 bits per heavy atom. The fraction of sp³-hybridized carbons (Fsp3) is 0.409. The molecule has 2 aromatic carbocycles. The van der Waals surface area contributed by atoms with Crippen LogP contribution in [0.3, 0.4) is 0 Å². The highest BCUT2D eigenvalue weighted by atomic mass is 16.8. The summed E-state index contributed by atoms with van der Waals surface area (Å²) in [4.78, 5) is 11.3. The van der Waals surface area contributed by atoms with Crippen molar-refractivity contribution in [3.8, 4) is 0 Å². The summed E-state index contributed by atoms with van der Waals surface area (Å²) in [6.45, 7) is 1.02. The summed E-state index contributed by atoms with van der Waals surface area (Å²) in [5, 5.41) is 0. The van der Waals surface area contributed by atoms with Crippen LogP contribution in [0.1, 0.15) is 17.4 Å². The molecule has 2 fully saturated rings. The monoisotopic (exact) mass is 400 g/mol. The van der Waals surface area contributed by atoms with Gasteiger partial charge in [0.25, 0.3) is 6.47 Å². The fourth-order valence-corrected chi connectivity index (χ4v) is 3.68. The van der Waals surface area contributed by atoms with Crippen molar-refractivity contribution in [2.45, 2.75) is 43.6 Å². The lowest BCUT2D eigenvalue weighted by Gasteiger charge is -2.47. The van der Waals surface area contributed by atoms with Crippen LogP contribution in [0.5, 0.6) is 0 Å². The SMILES string of the molecule is CO[C@H]1O[C@@H]2CO[C@@H](c3ccccc3)O[C@H]2[C@H](OC=O)[C@H]1OCc1ccccc1. The second-order valence-electron chi connectivity index (χ2n) is 6.91. The van der Waals surface area contributed by atoms with Crippen LogP contribution >= 0.6 is 0 Å². The predicted octanol–water partition coefficient (Wildman–Crippen LogP) is 2.60. The van der Waals surface area contributed by atoms with Crippen molar-refractivity contribution in [3.05, 3.63) is 71.8 Å². The Balaban J connectivity index is 1.53. The molecule has 0 N–H and O–H groups in total. The number of methoxy groups -OCH3 is 1. The molecular weight excluding hydrogens is 376 g/mol. The predicted molar refractivity (Wildman–Crippen MR) is 102 cm³/mol. The van der Waals surface area contributed by atoms with E-state index in [-0.39, 0.29) is 6.61 Å². The zero-order chi connectivity index (χ0) is 20.1. The molecule has 4 rings (SSSR count). The molecule has 0 unspecified atom stereocenters. The van der Waals surface area contributed by atoms with Gasteiger partial charge in [-0.1, -0.05) is 60.7 Å². The topological polar surface area (TPSA) is 72.5 Å². The zero-order valence-electron chi connectivity index (χ0n) is 16.1. The average molecular weight is 400 g/mol. The minimum absolute atomic E-state index is 0.286. The molecule has 2 aliphatic heterocycles. The van der Waals surface area contributed by atoms with E-state index in [2.05, 4.69) is 0 Å². The molecule has 6 atom stereocenters. The molecule has 0 spiro atoms. The first-order valence-corrected chi connectivity index (χ1v) is 9.55. The van der Waals surface area contributed by atoms with Crippen molar-refractivity contribution in [2.75, 3.05) is 13.7 Å². The molecular formula is C22H24O7. The lowest BCUT2D eigenvalue weighted by atomic mass is 9.97. The molecule has 2 aliphatic rings. The van der Waals surface area contributed by atoms with Gasteiger partial charge in [0.1, 0.15) is 18.3 Å². The van der Waals surface area contributed by atoms with Crippen LogP contribution < -0.4 is 0 Å². The van der Waals surface area contributed by atoms with Gasteiger partial charge in [-0.3, -0.25) is 4.79 Å². The van der Waals surface area contributed by atoms with Gasteiger partial charge in [0.05, 0.1) is 13.2 Å². The molecule has 0 radical (unpaired) electrons. The summed E-state index contributed by atoms with van der Waals surface area (Å²) in [7, 11) is 1.53. The van der Waals surface area contributed by atoms with Crippen molar-refractivity contribution in [3.63, 3.8) is 0 Å². The first kappa shape index (κ1) is 20.0. The lowest BCUT2D eigenvalue weighted by molar-refractivity contribution is -0.363. The largest absolute Gasteiger partial charge is 0.459 e. The molecule has 0 aromatic heterocycles. The van der Waals surface area contributed by atoms with Crippen LogP contribution in [-0.4, -0.2) is 50.9 Å². The van der Waals surface area contributed by atoms with E-state index < -0.39 is 37.0 Å². The third-order valence-corrected chi connectivity index (χ3v) is 5.09. The van der Waals surface area contributed by atoms with Gasteiger partial charge in [0.2, 0.25) is 0 Å². The molecule has 2 heterocycles. The minimum atomic E-state index is -0.717. The van der Waals surface area contributed by atoms with Gasteiger partial charge in [-0.05, 0) is 5.56 Å². The maximum atomic E-state index is 11.3. The Hall–Kier alpha value is -2.29. The van der Waals surface area contributed by atoms with E-state index in [9.17, 15) is 4.79 Å². The number of ether oxygens (including phenoxy) is 6. The molecule has 7 heteroatoms. The fourth-order valence-electron chi connectivity index (χ4n) is 3.68. The van der Waals surface area contributed by atoms with E-state index >= 15 is 0 Å². The third-order valence-electron chi connectivity index (χ3n) is 5.09. The van der Waals surface area contributed by atoms with Gasteiger partial charge in [-0.15, -0.1) is 0 Å². The molecule has 0 aliphatic carbocycles. The van der Waals surface area contributed by atoms with E-state index in [0.29, 0.717) is 13.1 Å². The highest BCUT2D eigenvalue weighted by molar-refractivity contribution is 5.38. The van der Waals surface area contributed by atoms with Crippen LogP contribution in [-0.2, 0) is 39.8 Å². The third kappa shape index (κ3) is 4.49. The zero-order valence-corrected chi connectivity index (χ0v) is 16.1. The average Bonchev–Trinajstić information content (AvgIpc) is 2.79. The highest BCUT2D eigenvalue weighted by Crippen LogP contribution is 2.36. The molecule has 2 aromatic rings. The van der Waals surface area contributed by atoms with Gasteiger partial charge in [0, 0.05) is 12.7 Å². The summed E-state index contributed by atoms with van der Waals surface area (Å²) >= 11 is 0. The molecule has 154 valence electrons. The van der Waals surface area contributed by atoms with E-state index in [0.717, 1.165) is 11.1 Å². The Bertz CT molecular complexity index is 763. The highest BCUT2D eigenvalue weighted by Gasteiger charge is 2.52. The summed E-state index contributed by atoms with van der Waals surface area (Å²) in [5.41, 5.74) is 1.87. The van der Waals surface area contributed by atoms with Gasteiger partial charge >= 0.3 is 0 Å². The van der Waals surface area contributed by atoms with Crippen molar-refractivity contribution < 1.29 is 33.2 Å². The van der Waals surface area contributed by atoms with E-state index in [1.165, 1.54) is 7.11 Å². The van der Waals surface area contributed by atoms with Crippen molar-refractivity contribution in [2.24, 2.45) is 0 Å². The van der Waals surface area contributed by atoms with Crippen LogP contribution in [0.4, 0.5) is 0 Å². The molecule has 0 saturated carbocycles. The lowest BCUT2D eigenvalue weighted by Crippen LogP contribution is -2.63. The Kier molecular flexibility index (Phi) is 6.53. The van der Waals surface area contributed by atoms with Crippen LogP contribution in [0.25, 0.3) is 0 Å². The summed E-state index contributed by atoms with van der Waals surface area (Å²) in [6.07, 6.45) is -3.64. The maximum absolute atomic E-state index is 11.3. The van der Waals surface area contributed by atoms with Crippen LogP contribution in [0.2, 0.25) is 0 Å². The molecule has 29 heavy (non-hydrogen) atoms.